The fourth-order valence-electron chi connectivity index (χ4n) is 4.76. The molecule has 10 nitrogen and oxygen atoms in total. The average molecular weight is 497 g/mol. The summed E-state index contributed by atoms with van der Waals surface area (Å²) in [5.41, 5.74) is 4.28. The van der Waals surface area contributed by atoms with Gasteiger partial charge < -0.3 is 24.6 Å². The summed E-state index contributed by atoms with van der Waals surface area (Å²) in [6, 6.07) is 11.8. The van der Waals surface area contributed by atoms with E-state index in [2.05, 4.69) is 25.3 Å². The highest BCUT2D eigenvalue weighted by atomic mass is 16.5. The molecule has 3 aromatic heterocycles. The Morgan fingerprint density at radius 1 is 1.05 bits per heavy atom. The van der Waals surface area contributed by atoms with Crippen LogP contribution in [0, 0.1) is 6.92 Å². The monoisotopic (exact) mass is 496 g/mol. The summed E-state index contributed by atoms with van der Waals surface area (Å²) in [5, 5.41) is 13.9. The Bertz CT molecular complexity index is 1610. The van der Waals surface area contributed by atoms with Crippen LogP contribution in [0.15, 0.2) is 55.2 Å². The van der Waals surface area contributed by atoms with Crippen LogP contribution >= 0.6 is 0 Å². The van der Waals surface area contributed by atoms with Crippen molar-refractivity contribution in [3.05, 3.63) is 60.8 Å². The van der Waals surface area contributed by atoms with Crippen molar-refractivity contribution in [2.75, 3.05) is 23.3 Å². The lowest BCUT2D eigenvalue weighted by molar-refractivity contribution is 0.0445. The van der Waals surface area contributed by atoms with Gasteiger partial charge in [0.15, 0.2) is 5.82 Å². The molecule has 0 radical (unpaired) electrons. The normalized spacial score (nSPS) is 17.9. The van der Waals surface area contributed by atoms with Crippen molar-refractivity contribution in [3.8, 4) is 11.5 Å². The van der Waals surface area contributed by atoms with Gasteiger partial charge in [0, 0.05) is 31.9 Å². The number of aromatic nitrogens is 6. The molecule has 2 N–H and O–H groups in total. The van der Waals surface area contributed by atoms with Crippen LogP contribution in [0.2, 0.25) is 0 Å². The number of fused-ring (bicyclic) bond motifs is 2. The van der Waals surface area contributed by atoms with Gasteiger partial charge in [0.05, 0.1) is 29.2 Å². The lowest BCUT2D eigenvalue weighted by atomic mass is 9.95. The maximum Gasteiger partial charge on any atom is 0.226 e. The minimum atomic E-state index is -0.754. The number of imidazole rings is 1. The number of nitrogens with one attached hydrogen (secondary N) is 1. The molecule has 1 fully saturated rings. The van der Waals surface area contributed by atoms with E-state index in [4.69, 9.17) is 9.72 Å². The van der Waals surface area contributed by atoms with Gasteiger partial charge in [0.25, 0.3) is 0 Å². The molecule has 1 aliphatic rings. The third-order valence-electron chi connectivity index (χ3n) is 6.68. The first kappa shape index (κ1) is 23.1. The van der Waals surface area contributed by atoms with E-state index in [1.165, 1.54) is 6.33 Å². The van der Waals surface area contributed by atoms with Crippen molar-refractivity contribution in [3.63, 3.8) is 0 Å². The van der Waals surface area contributed by atoms with E-state index in [-0.39, 0.29) is 0 Å². The quantitative estimate of drug-likeness (QED) is 0.363. The van der Waals surface area contributed by atoms with Gasteiger partial charge in [0.2, 0.25) is 5.95 Å². The van der Waals surface area contributed by atoms with Crippen LogP contribution in [0.3, 0.4) is 0 Å². The van der Waals surface area contributed by atoms with Crippen molar-refractivity contribution >= 4 is 39.5 Å². The smallest absolute Gasteiger partial charge is 0.226 e. The predicted octanol–water partition coefficient (Wildman–Crippen LogP) is 4.50. The molecule has 1 aliphatic heterocycles. The standard InChI is InChI=1S/C27H28N8O2/c1-17-11-18(5-8-23(17)37-19-6-7-22-20(12-19)31-16-34(22)3)32-25-24-21(29-15-30-25)13-28-26(33-24)35-10-4-9-27(2,36)14-35/h5-8,11-13,15-16,36H,4,9-10,14H2,1-3H3,(H,29,30,32)/t27-/m0/s1. The van der Waals surface area contributed by atoms with Crippen molar-refractivity contribution in [2.45, 2.75) is 32.3 Å². The molecular formula is C27H28N8O2. The van der Waals surface area contributed by atoms with Crippen LogP contribution in [0.4, 0.5) is 17.5 Å². The van der Waals surface area contributed by atoms with Crippen molar-refractivity contribution in [1.82, 2.24) is 29.5 Å². The SMILES string of the molecule is Cc1cc(Nc2ncnc3cnc(N4CCC[C@](C)(O)C4)nc23)ccc1Oc1ccc2c(c1)ncn2C. The number of anilines is 3. The van der Waals surface area contributed by atoms with Crippen molar-refractivity contribution in [2.24, 2.45) is 7.05 Å². The molecule has 0 saturated carbocycles. The molecule has 37 heavy (non-hydrogen) atoms. The first-order valence-electron chi connectivity index (χ1n) is 12.3. The molecular weight excluding hydrogens is 468 g/mol. The number of hydrogen-bond donors (Lipinski definition) is 2. The second-order valence-electron chi connectivity index (χ2n) is 9.86. The number of hydrogen-bond acceptors (Lipinski definition) is 9. The molecule has 0 spiro atoms. The number of aryl methyl sites for hydroxylation is 2. The van der Waals surface area contributed by atoms with Gasteiger partial charge in [-0.2, -0.15) is 0 Å². The summed E-state index contributed by atoms with van der Waals surface area (Å²) in [7, 11) is 1.97. The predicted molar refractivity (Wildman–Crippen MR) is 142 cm³/mol. The summed E-state index contributed by atoms with van der Waals surface area (Å²) in [6.45, 7) is 5.14. The summed E-state index contributed by atoms with van der Waals surface area (Å²) < 4.78 is 8.13. The number of nitrogens with zero attached hydrogens (tertiary/aromatic N) is 7. The van der Waals surface area contributed by atoms with Gasteiger partial charge in [-0.3, -0.25) is 0 Å². The molecule has 0 amide bonds. The van der Waals surface area contributed by atoms with Crippen LogP contribution < -0.4 is 15.0 Å². The Morgan fingerprint density at radius 3 is 2.78 bits per heavy atom. The van der Waals surface area contributed by atoms with Crippen LogP contribution in [0.25, 0.3) is 22.1 Å². The van der Waals surface area contributed by atoms with E-state index >= 15 is 0 Å². The average Bonchev–Trinajstić information content (AvgIpc) is 3.25. The molecule has 4 heterocycles. The van der Waals surface area contributed by atoms with E-state index in [1.807, 2.05) is 66.8 Å². The number of β-amino-alcohol motifs (C(OH)–C–C–N with tert-alkyl or cyclic N) is 1. The number of piperidine rings is 1. The van der Waals surface area contributed by atoms with Crippen molar-refractivity contribution < 1.29 is 9.84 Å². The van der Waals surface area contributed by atoms with E-state index in [0.717, 1.165) is 53.2 Å². The summed E-state index contributed by atoms with van der Waals surface area (Å²) in [4.78, 5) is 24.5. The third-order valence-corrected chi connectivity index (χ3v) is 6.68. The van der Waals surface area contributed by atoms with Crippen LogP contribution in [0.5, 0.6) is 11.5 Å². The lowest BCUT2D eigenvalue weighted by Gasteiger charge is -2.36. The number of aliphatic hydroxyl groups is 1. The van der Waals surface area contributed by atoms with E-state index in [9.17, 15) is 5.11 Å². The van der Waals surface area contributed by atoms with Gasteiger partial charge in [-0.1, -0.05) is 0 Å². The van der Waals surface area contributed by atoms with Crippen LogP contribution in [-0.2, 0) is 7.05 Å². The molecule has 188 valence electrons. The molecule has 6 rings (SSSR count). The summed E-state index contributed by atoms with van der Waals surface area (Å²) in [6.07, 6.45) is 6.64. The highest BCUT2D eigenvalue weighted by Crippen LogP contribution is 2.31. The summed E-state index contributed by atoms with van der Waals surface area (Å²) in [5.74, 6) is 2.65. The fourth-order valence-corrected chi connectivity index (χ4v) is 4.76. The van der Waals surface area contributed by atoms with Crippen LogP contribution in [-0.4, -0.2) is 53.3 Å². The lowest BCUT2D eigenvalue weighted by Crippen LogP contribution is -2.46. The second-order valence-corrected chi connectivity index (χ2v) is 9.86. The third kappa shape index (κ3) is 4.63. The molecule has 5 aromatic rings. The maximum atomic E-state index is 10.5. The molecule has 1 atom stereocenters. The molecule has 0 bridgehead atoms. The van der Waals surface area contributed by atoms with E-state index < -0.39 is 5.60 Å². The Balaban J connectivity index is 1.25. The largest absolute Gasteiger partial charge is 0.457 e. The van der Waals surface area contributed by atoms with Gasteiger partial charge in [0.1, 0.15) is 28.9 Å². The topological polar surface area (TPSA) is 114 Å². The Hall–Kier alpha value is -4.31. The zero-order valence-corrected chi connectivity index (χ0v) is 21.0. The van der Waals surface area contributed by atoms with Crippen LogP contribution in [0.1, 0.15) is 25.3 Å². The summed E-state index contributed by atoms with van der Waals surface area (Å²) >= 11 is 0. The molecule has 0 aliphatic carbocycles. The molecule has 2 aromatic carbocycles. The van der Waals surface area contributed by atoms with Gasteiger partial charge in [-0.05, 0) is 62.6 Å². The fraction of sp³-hybridized carbons (Fsp3) is 0.296. The Labute approximate surface area is 214 Å². The number of rotatable bonds is 5. The maximum absolute atomic E-state index is 10.5. The number of ether oxygens (including phenoxy) is 1. The highest BCUT2D eigenvalue weighted by Gasteiger charge is 2.30. The molecule has 10 heteroatoms. The Kier molecular flexibility index (Phi) is 5.60. The van der Waals surface area contributed by atoms with Gasteiger partial charge >= 0.3 is 0 Å². The zero-order valence-electron chi connectivity index (χ0n) is 21.0. The minimum Gasteiger partial charge on any atom is -0.457 e. The molecule has 1 saturated heterocycles. The van der Waals surface area contributed by atoms with Gasteiger partial charge in [-0.15, -0.1) is 0 Å². The Morgan fingerprint density at radius 2 is 1.95 bits per heavy atom. The number of benzene rings is 2. The highest BCUT2D eigenvalue weighted by molar-refractivity contribution is 5.87. The first-order valence-corrected chi connectivity index (χ1v) is 12.3. The van der Waals surface area contributed by atoms with Gasteiger partial charge in [-0.25, -0.2) is 24.9 Å². The zero-order chi connectivity index (χ0) is 25.6. The first-order chi connectivity index (χ1) is 17.8. The van der Waals surface area contributed by atoms with E-state index in [0.29, 0.717) is 29.3 Å². The second kappa shape index (κ2) is 8.97. The minimum absolute atomic E-state index is 0.489. The van der Waals surface area contributed by atoms with Crippen molar-refractivity contribution in [1.29, 1.82) is 0 Å². The molecule has 0 unspecified atom stereocenters. The van der Waals surface area contributed by atoms with E-state index in [1.54, 1.807) is 12.5 Å².